The van der Waals surface area contributed by atoms with Crippen LogP contribution in [-0.2, 0) is 0 Å². The highest BCUT2D eigenvalue weighted by atomic mass is 15.1. The first-order valence-corrected chi connectivity index (χ1v) is 5.22. The Morgan fingerprint density at radius 1 is 1.43 bits per heavy atom. The third-order valence-electron chi connectivity index (χ3n) is 2.41. The molecule has 0 bridgehead atoms. The van der Waals surface area contributed by atoms with E-state index in [1.807, 2.05) is 6.92 Å². The minimum Gasteiger partial charge on any atom is -0.344 e. The third-order valence-corrected chi connectivity index (χ3v) is 2.41. The lowest BCUT2D eigenvalue weighted by Crippen LogP contribution is -2.37. The van der Waals surface area contributed by atoms with Gasteiger partial charge in [0.05, 0.1) is 11.4 Å². The highest BCUT2D eigenvalue weighted by Crippen LogP contribution is 2.29. The van der Waals surface area contributed by atoms with E-state index in [4.69, 9.17) is 0 Å². The van der Waals surface area contributed by atoms with Crippen molar-refractivity contribution in [2.24, 2.45) is 4.99 Å². The predicted molar refractivity (Wildman–Crippen MR) is 62.5 cm³/mol. The number of rotatable bonds is 1. The molecule has 0 aliphatic carbocycles. The Kier molecular flexibility index (Phi) is 3.14. The first kappa shape index (κ1) is 11.0. The minimum atomic E-state index is -0.0901. The highest BCUT2D eigenvalue weighted by molar-refractivity contribution is 5.84. The van der Waals surface area contributed by atoms with Crippen molar-refractivity contribution in [3.8, 4) is 0 Å². The standard InChI is InChI=1S/C12H20N2/c1-6-8-10-11(7-2)13-9(3)14-12(10,4)5/h7-8H,6H2,1-5H3,(H,13,14)/b10-8+,11-7+. The molecular formula is C12H20N2. The van der Waals surface area contributed by atoms with Crippen LogP contribution in [-0.4, -0.2) is 11.4 Å². The molecule has 0 radical (unpaired) electrons. The van der Waals surface area contributed by atoms with Crippen LogP contribution in [0.5, 0.6) is 0 Å². The number of amidine groups is 1. The van der Waals surface area contributed by atoms with Crippen molar-refractivity contribution in [3.05, 3.63) is 23.4 Å². The molecule has 0 aromatic heterocycles. The molecule has 2 heteroatoms. The van der Waals surface area contributed by atoms with E-state index < -0.39 is 0 Å². The Labute approximate surface area is 86.8 Å². The van der Waals surface area contributed by atoms with Crippen molar-refractivity contribution < 1.29 is 0 Å². The van der Waals surface area contributed by atoms with Gasteiger partial charge in [0, 0.05) is 5.70 Å². The molecule has 78 valence electrons. The van der Waals surface area contributed by atoms with E-state index in [0.717, 1.165) is 12.3 Å². The van der Waals surface area contributed by atoms with Crippen LogP contribution < -0.4 is 5.32 Å². The van der Waals surface area contributed by atoms with Crippen molar-refractivity contribution in [2.45, 2.75) is 46.6 Å². The summed E-state index contributed by atoms with van der Waals surface area (Å²) in [6.07, 6.45) is 5.41. The normalized spacial score (nSPS) is 26.2. The monoisotopic (exact) mass is 192 g/mol. The molecular weight excluding hydrogens is 172 g/mol. The summed E-state index contributed by atoms with van der Waals surface area (Å²) in [7, 11) is 0. The van der Waals surface area contributed by atoms with Crippen molar-refractivity contribution in [3.63, 3.8) is 0 Å². The van der Waals surface area contributed by atoms with Crippen LogP contribution in [0.4, 0.5) is 0 Å². The summed E-state index contributed by atoms with van der Waals surface area (Å²) in [6.45, 7) is 10.5. The number of hydrogen-bond donors (Lipinski definition) is 1. The Morgan fingerprint density at radius 3 is 2.57 bits per heavy atom. The lowest BCUT2D eigenvalue weighted by atomic mass is 9.89. The second kappa shape index (κ2) is 3.99. The largest absolute Gasteiger partial charge is 0.344 e. The summed E-state index contributed by atoms with van der Waals surface area (Å²) < 4.78 is 0. The maximum absolute atomic E-state index is 4.61. The summed E-state index contributed by atoms with van der Waals surface area (Å²) >= 11 is 0. The molecule has 0 amide bonds. The van der Waals surface area contributed by atoms with Gasteiger partial charge in [-0.25, -0.2) is 0 Å². The Hall–Kier alpha value is -1.05. The van der Waals surface area contributed by atoms with Crippen LogP contribution in [0, 0.1) is 0 Å². The number of hydrogen-bond acceptors (Lipinski definition) is 2. The van der Waals surface area contributed by atoms with Crippen LogP contribution >= 0.6 is 0 Å². The first-order chi connectivity index (χ1) is 6.51. The molecule has 0 fully saturated rings. The van der Waals surface area contributed by atoms with E-state index in [2.05, 4.69) is 50.2 Å². The average molecular weight is 192 g/mol. The van der Waals surface area contributed by atoms with Crippen LogP contribution in [0.1, 0.15) is 41.0 Å². The van der Waals surface area contributed by atoms with Gasteiger partial charge in [-0.3, -0.25) is 4.99 Å². The molecule has 1 heterocycles. The van der Waals surface area contributed by atoms with Crippen molar-refractivity contribution >= 4 is 5.84 Å². The van der Waals surface area contributed by atoms with E-state index in [1.54, 1.807) is 0 Å². The molecule has 0 aromatic carbocycles. The molecule has 1 N–H and O–H groups in total. The molecule has 2 nitrogen and oxygen atoms in total. The highest BCUT2D eigenvalue weighted by Gasteiger charge is 2.28. The van der Waals surface area contributed by atoms with E-state index in [-0.39, 0.29) is 5.54 Å². The zero-order valence-electron chi connectivity index (χ0n) is 9.81. The average Bonchev–Trinajstić information content (AvgIpc) is 2.08. The van der Waals surface area contributed by atoms with Gasteiger partial charge in [0.2, 0.25) is 0 Å². The fraction of sp³-hybridized carbons (Fsp3) is 0.583. The van der Waals surface area contributed by atoms with Crippen LogP contribution in [0.15, 0.2) is 28.4 Å². The Bertz CT molecular complexity index is 306. The van der Waals surface area contributed by atoms with Gasteiger partial charge < -0.3 is 5.32 Å². The van der Waals surface area contributed by atoms with Crippen LogP contribution in [0.2, 0.25) is 0 Å². The van der Waals surface area contributed by atoms with E-state index in [9.17, 15) is 0 Å². The number of nitrogens with zero attached hydrogens (tertiary/aromatic N) is 1. The van der Waals surface area contributed by atoms with Gasteiger partial charge in [0.1, 0.15) is 0 Å². The molecule has 14 heavy (non-hydrogen) atoms. The summed E-state index contributed by atoms with van der Waals surface area (Å²) in [6, 6.07) is 0. The molecule has 0 atom stereocenters. The van der Waals surface area contributed by atoms with E-state index in [1.165, 1.54) is 11.3 Å². The lowest BCUT2D eigenvalue weighted by Gasteiger charge is -2.32. The molecule has 1 aliphatic heterocycles. The van der Waals surface area contributed by atoms with Crippen molar-refractivity contribution in [1.29, 1.82) is 0 Å². The number of aliphatic imine (C=N–C) groups is 1. The number of allylic oxidation sites excluding steroid dienone is 2. The molecule has 1 aliphatic rings. The fourth-order valence-electron chi connectivity index (χ4n) is 1.89. The molecule has 0 saturated carbocycles. The Balaban J connectivity index is 3.18. The lowest BCUT2D eigenvalue weighted by molar-refractivity contribution is 0.592. The van der Waals surface area contributed by atoms with Gasteiger partial charge in [-0.2, -0.15) is 0 Å². The quantitative estimate of drug-likeness (QED) is 0.678. The van der Waals surface area contributed by atoms with E-state index in [0.29, 0.717) is 0 Å². The van der Waals surface area contributed by atoms with Gasteiger partial charge in [-0.15, -0.1) is 0 Å². The summed E-state index contributed by atoms with van der Waals surface area (Å²) in [5, 5.41) is 3.30. The predicted octanol–water partition coefficient (Wildman–Crippen LogP) is 3.03. The molecule has 0 saturated heterocycles. The fourth-order valence-corrected chi connectivity index (χ4v) is 1.89. The second-order valence-corrected chi connectivity index (χ2v) is 4.11. The molecule has 0 unspecified atom stereocenters. The van der Waals surface area contributed by atoms with E-state index >= 15 is 0 Å². The van der Waals surface area contributed by atoms with Crippen LogP contribution in [0.3, 0.4) is 0 Å². The van der Waals surface area contributed by atoms with Gasteiger partial charge in [-0.1, -0.05) is 19.1 Å². The summed E-state index contributed by atoms with van der Waals surface area (Å²) in [4.78, 5) is 4.61. The van der Waals surface area contributed by atoms with Gasteiger partial charge >= 0.3 is 0 Å². The topological polar surface area (TPSA) is 24.4 Å². The zero-order valence-corrected chi connectivity index (χ0v) is 9.81. The number of nitrogens with one attached hydrogen (secondary N) is 1. The smallest absolute Gasteiger partial charge is 0.0986 e. The van der Waals surface area contributed by atoms with Crippen molar-refractivity contribution in [2.75, 3.05) is 0 Å². The maximum atomic E-state index is 4.61. The zero-order chi connectivity index (χ0) is 10.8. The van der Waals surface area contributed by atoms with Gasteiger partial charge in [0.25, 0.3) is 0 Å². The van der Waals surface area contributed by atoms with Gasteiger partial charge in [-0.05, 0) is 39.7 Å². The SMILES string of the molecule is C/C=C1/NC(C)=NC(C)(C)/C1=C/CC. The first-order valence-electron chi connectivity index (χ1n) is 5.22. The summed E-state index contributed by atoms with van der Waals surface area (Å²) in [5.74, 6) is 0.997. The molecule has 0 spiro atoms. The maximum Gasteiger partial charge on any atom is 0.0986 e. The van der Waals surface area contributed by atoms with Crippen LogP contribution in [0.25, 0.3) is 0 Å². The molecule has 1 rings (SSSR count). The minimum absolute atomic E-state index is 0.0901. The second-order valence-electron chi connectivity index (χ2n) is 4.11. The van der Waals surface area contributed by atoms with Gasteiger partial charge in [0.15, 0.2) is 0 Å². The third kappa shape index (κ3) is 2.06. The summed E-state index contributed by atoms with van der Waals surface area (Å²) in [5.41, 5.74) is 2.41. The molecule has 0 aromatic rings. The van der Waals surface area contributed by atoms with Crippen molar-refractivity contribution in [1.82, 2.24) is 5.32 Å². The Morgan fingerprint density at radius 2 is 2.07 bits per heavy atom.